The van der Waals surface area contributed by atoms with Crippen LogP contribution in [0.5, 0.6) is 0 Å². The van der Waals surface area contributed by atoms with E-state index in [4.69, 9.17) is 15.0 Å². The molecule has 12 rings (SSSR count). The van der Waals surface area contributed by atoms with Crippen molar-refractivity contribution in [3.63, 3.8) is 0 Å². The Balaban J connectivity index is 0.918. The van der Waals surface area contributed by atoms with Crippen LogP contribution >= 0.6 is 0 Å². The van der Waals surface area contributed by atoms with Gasteiger partial charge in [-0.3, -0.25) is 0 Å². The van der Waals surface area contributed by atoms with E-state index in [1.165, 1.54) is 54.3 Å². The van der Waals surface area contributed by atoms with Crippen molar-refractivity contribution >= 4 is 54.1 Å². The van der Waals surface area contributed by atoms with E-state index < -0.39 is 0 Å². The van der Waals surface area contributed by atoms with Gasteiger partial charge in [-0.05, 0) is 84.9 Å². The zero-order valence-electron chi connectivity index (χ0n) is 33.1. The summed E-state index contributed by atoms with van der Waals surface area (Å²) in [5.74, 6) is 1.91. The fraction of sp³-hybridized carbons (Fsp3) is 0. The van der Waals surface area contributed by atoms with Gasteiger partial charge >= 0.3 is 0 Å². The Morgan fingerprint density at radius 2 is 0.639 bits per heavy atom. The van der Waals surface area contributed by atoms with Gasteiger partial charge in [0.05, 0.1) is 11.0 Å². The van der Waals surface area contributed by atoms with Crippen molar-refractivity contribution < 1.29 is 0 Å². The normalized spacial score (nSPS) is 11.6. The molecule has 0 saturated heterocycles. The van der Waals surface area contributed by atoms with Crippen molar-refractivity contribution in [3.8, 4) is 62.1 Å². The highest BCUT2D eigenvalue weighted by molar-refractivity contribution is 6.28. The summed E-state index contributed by atoms with van der Waals surface area (Å²) >= 11 is 0. The van der Waals surface area contributed by atoms with Crippen molar-refractivity contribution in [2.24, 2.45) is 0 Å². The molecule has 2 aromatic heterocycles. The van der Waals surface area contributed by atoms with Gasteiger partial charge in [0, 0.05) is 33.2 Å². The number of fused-ring (bicyclic) bond motifs is 8. The average molecular weight is 777 g/mol. The number of nitrogens with zero attached hydrogens (tertiary/aromatic N) is 4. The maximum atomic E-state index is 5.08. The van der Waals surface area contributed by atoms with Crippen LogP contribution in [0, 0.1) is 0 Å². The molecule has 0 radical (unpaired) electrons. The molecule has 0 N–H and O–H groups in total. The van der Waals surface area contributed by atoms with Gasteiger partial charge in [-0.15, -0.1) is 0 Å². The fourth-order valence-electron chi connectivity index (χ4n) is 8.97. The van der Waals surface area contributed by atoms with E-state index in [9.17, 15) is 0 Å². The Bertz CT molecular complexity index is 3510. The van der Waals surface area contributed by atoms with Gasteiger partial charge in [0.1, 0.15) is 0 Å². The van der Waals surface area contributed by atoms with E-state index in [1.54, 1.807) is 0 Å². The zero-order valence-corrected chi connectivity index (χ0v) is 33.1. The Morgan fingerprint density at radius 3 is 1.18 bits per heavy atom. The van der Waals surface area contributed by atoms with Gasteiger partial charge in [0.25, 0.3) is 0 Å². The third-order valence-electron chi connectivity index (χ3n) is 12.0. The Hall–Kier alpha value is -8.21. The number of rotatable bonds is 6. The van der Waals surface area contributed by atoms with E-state index in [1.807, 2.05) is 6.07 Å². The number of benzene rings is 10. The highest BCUT2D eigenvalue weighted by Crippen LogP contribution is 2.41. The molecule has 10 aromatic carbocycles. The summed E-state index contributed by atoms with van der Waals surface area (Å²) in [5, 5.41) is 9.94. The topological polar surface area (TPSA) is 43.6 Å². The number of hydrogen-bond donors (Lipinski definition) is 0. The second-order valence-electron chi connectivity index (χ2n) is 15.6. The molecule has 4 heteroatoms. The SMILES string of the molecule is c1ccc(-c2ccc(-c3nc(-c4ccc(-c5ccc(-n6c7ccc8ccccc8c7c7c8ccccc8ccc76)cc5)cc4)nc(-c4ccc5ccccc5c4)n3)cc2)cc1. The minimum Gasteiger partial charge on any atom is -0.309 e. The van der Waals surface area contributed by atoms with Crippen LogP contribution in [0.3, 0.4) is 0 Å². The lowest BCUT2D eigenvalue weighted by Crippen LogP contribution is -2.00. The molecule has 2 heterocycles. The third kappa shape index (κ3) is 6.04. The number of hydrogen-bond acceptors (Lipinski definition) is 3. The van der Waals surface area contributed by atoms with Gasteiger partial charge < -0.3 is 4.57 Å². The van der Waals surface area contributed by atoms with Crippen LogP contribution in [0.2, 0.25) is 0 Å². The Labute approximate surface area is 352 Å². The summed E-state index contributed by atoms with van der Waals surface area (Å²) in [6.45, 7) is 0. The molecule has 0 spiro atoms. The molecule has 61 heavy (non-hydrogen) atoms. The summed E-state index contributed by atoms with van der Waals surface area (Å²) in [6, 6.07) is 77.6. The lowest BCUT2D eigenvalue weighted by atomic mass is 10.00. The van der Waals surface area contributed by atoms with Crippen molar-refractivity contribution in [2.75, 3.05) is 0 Å². The first kappa shape index (κ1) is 34.8. The second-order valence-corrected chi connectivity index (χ2v) is 15.6. The van der Waals surface area contributed by atoms with Crippen LogP contribution in [0.1, 0.15) is 0 Å². The van der Waals surface area contributed by atoms with Gasteiger partial charge in [-0.2, -0.15) is 0 Å². The van der Waals surface area contributed by atoms with Crippen LogP contribution in [0.25, 0.3) is 116 Å². The second kappa shape index (κ2) is 14.3. The van der Waals surface area contributed by atoms with Gasteiger partial charge in [0.2, 0.25) is 0 Å². The molecule has 0 fully saturated rings. The first-order valence-electron chi connectivity index (χ1n) is 20.7. The average Bonchev–Trinajstić information content (AvgIpc) is 3.69. The monoisotopic (exact) mass is 776 g/mol. The molecule has 0 atom stereocenters. The summed E-state index contributed by atoms with van der Waals surface area (Å²) in [5.41, 5.74) is 10.9. The van der Waals surface area contributed by atoms with Crippen LogP contribution in [-0.2, 0) is 0 Å². The standard InChI is InChI=1S/C57H36N4/c1-2-10-37(11-3-1)39-18-23-44(24-19-39)55-58-56(60-57(59-55)47-27-22-38-12-4-5-15-46(38)36-47)45-25-20-40(21-26-45)41-28-32-48(33-29-41)61-51-34-30-42-13-6-8-16-49(42)53(51)54-50-17-9-7-14-43(50)31-35-52(54)61/h1-36H. The largest absolute Gasteiger partial charge is 0.309 e. The molecule has 0 amide bonds. The first-order valence-corrected chi connectivity index (χ1v) is 20.7. The van der Waals surface area contributed by atoms with E-state index >= 15 is 0 Å². The minimum atomic E-state index is 0.633. The predicted molar refractivity (Wildman–Crippen MR) is 254 cm³/mol. The molecular weight excluding hydrogens is 741 g/mol. The molecule has 0 aliphatic heterocycles. The highest BCUT2D eigenvalue weighted by atomic mass is 15.0. The number of aromatic nitrogens is 4. The summed E-state index contributed by atoms with van der Waals surface area (Å²) < 4.78 is 2.41. The highest BCUT2D eigenvalue weighted by Gasteiger charge is 2.18. The third-order valence-corrected chi connectivity index (χ3v) is 12.0. The molecule has 0 aliphatic rings. The van der Waals surface area contributed by atoms with Crippen molar-refractivity contribution in [1.29, 1.82) is 0 Å². The predicted octanol–water partition coefficient (Wildman–Crippen LogP) is 14.8. The van der Waals surface area contributed by atoms with Gasteiger partial charge in [-0.25, -0.2) is 15.0 Å². The maximum absolute atomic E-state index is 5.08. The van der Waals surface area contributed by atoms with Crippen molar-refractivity contribution in [3.05, 3.63) is 218 Å². The van der Waals surface area contributed by atoms with Crippen LogP contribution in [-0.4, -0.2) is 19.5 Å². The molecule has 4 nitrogen and oxygen atoms in total. The van der Waals surface area contributed by atoms with Crippen LogP contribution < -0.4 is 0 Å². The van der Waals surface area contributed by atoms with Crippen LogP contribution in [0.4, 0.5) is 0 Å². The van der Waals surface area contributed by atoms with Gasteiger partial charge in [0.15, 0.2) is 17.5 Å². The molecule has 0 bridgehead atoms. The molecule has 284 valence electrons. The van der Waals surface area contributed by atoms with E-state index in [0.29, 0.717) is 17.5 Å². The van der Waals surface area contributed by atoms with E-state index in [0.717, 1.165) is 44.5 Å². The first-order chi connectivity index (χ1) is 30.2. The Morgan fingerprint density at radius 1 is 0.262 bits per heavy atom. The quantitative estimate of drug-likeness (QED) is 0.169. The minimum absolute atomic E-state index is 0.633. The van der Waals surface area contributed by atoms with Crippen LogP contribution in [0.15, 0.2) is 218 Å². The van der Waals surface area contributed by atoms with Crippen molar-refractivity contribution in [2.45, 2.75) is 0 Å². The molecular formula is C57H36N4. The molecule has 0 saturated carbocycles. The van der Waals surface area contributed by atoms with Gasteiger partial charge in [-0.1, -0.05) is 188 Å². The van der Waals surface area contributed by atoms with Crippen molar-refractivity contribution in [1.82, 2.24) is 19.5 Å². The summed E-state index contributed by atoms with van der Waals surface area (Å²) in [4.78, 5) is 15.2. The fourth-order valence-corrected chi connectivity index (χ4v) is 8.97. The summed E-state index contributed by atoms with van der Waals surface area (Å²) in [6.07, 6.45) is 0. The lowest BCUT2D eigenvalue weighted by molar-refractivity contribution is 1.07. The zero-order chi connectivity index (χ0) is 40.3. The smallest absolute Gasteiger partial charge is 0.164 e. The summed E-state index contributed by atoms with van der Waals surface area (Å²) in [7, 11) is 0. The molecule has 12 aromatic rings. The molecule has 0 unspecified atom stereocenters. The maximum Gasteiger partial charge on any atom is 0.164 e. The van der Waals surface area contributed by atoms with E-state index in [-0.39, 0.29) is 0 Å². The Kier molecular flexibility index (Phi) is 8.13. The lowest BCUT2D eigenvalue weighted by Gasteiger charge is -2.11. The molecule has 0 aliphatic carbocycles. The van der Waals surface area contributed by atoms with E-state index in [2.05, 4.69) is 217 Å².